The van der Waals surface area contributed by atoms with Crippen LogP contribution in [0, 0.1) is 29.1 Å². The summed E-state index contributed by atoms with van der Waals surface area (Å²) in [4.78, 5) is 39.3. The van der Waals surface area contributed by atoms with Gasteiger partial charge in [-0.25, -0.2) is 0 Å². The minimum absolute atomic E-state index is 0.00574. The summed E-state index contributed by atoms with van der Waals surface area (Å²) in [6.45, 7) is 11.2. The highest BCUT2D eigenvalue weighted by Gasteiger charge is 2.87. The maximum atomic E-state index is 13.4. The van der Waals surface area contributed by atoms with E-state index < -0.39 is 63.7 Å². The first-order chi connectivity index (χ1) is 18.3. The third-order valence-corrected chi connectivity index (χ3v) is 10.8. The van der Waals surface area contributed by atoms with E-state index in [2.05, 4.69) is 0 Å². The summed E-state index contributed by atoms with van der Waals surface area (Å²) in [5, 5.41) is 34.1. The van der Waals surface area contributed by atoms with Gasteiger partial charge in [-0.2, -0.15) is 11.8 Å². The summed E-state index contributed by atoms with van der Waals surface area (Å²) in [7, 11) is 0. The van der Waals surface area contributed by atoms with Crippen LogP contribution in [0.2, 0.25) is 0 Å². The number of esters is 2. The smallest absolute Gasteiger partial charge is 0.306 e. The number of hydrogen-bond acceptors (Lipinski definition) is 9. The van der Waals surface area contributed by atoms with Gasteiger partial charge < -0.3 is 24.8 Å². The summed E-state index contributed by atoms with van der Waals surface area (Å²) in [6, 6.07) is 0. The van der Waals surface area contributed by atoms with E-state index in [1.807, 2.05) is 33.8 Å². The maximum absolute atomic E-state index is 13.4. The zero-order chi connectivity index (χ0) is 29.0. The van der Waals surface area contributed by atoms with E-state index in [0.717, 1.165) is 5.57 Å². The van der Waals surface area contributed by atoms with E-state index in [0.29, 0.717) is 29.9 Å². The molecule has 2 fully saturated rings. The topological polar surface area (TPSA) is 130 Å². The molecule has 0 spiro atoms. The summed E-state index contributed by atoms with van der Waals surface area (Å²) >= 11 is 1.49. The zero-order valence-electron chi connectivity index (χ0n) is 24.0. The Balaban J connectivity index is 1.90. The number of hydrogen-bond donors (Lipinski definition) is 3. The van der Waals surface area contributed by atoms with Crippen molar-refractivity contribution < 1.29 is 39.2 Å². The second-order valence-corrected chi connectivity index (χ2v) is 13.5. The lowest BCUT2D eigenvalue weighted by Gasteiger charge is -2.53. The highest BCUT2D eigenvalue weighted by atomic mass is 32.2. The van der Waals surface area contributed by atoms with Crippen LogP contribution in [0.5, 0.6) is 0 Å². The Bertz CT molecular complexity index is 1080. The first-order valence-electron chi connectivity index (χ1n) is 14.2. The van der Waals surface area contributed by atoms with E-state index in [-0.39, 0.29) is 31.8 Å². The van der Waals surface area contributed by atoms with Crippen LogP contribution in [0.1, 0.15) is 73.6 Å². The van der Waals surface area contributed by atoms with Crippen LogP contribution in [0.15, 0.2) is 23.3 Å². The molecule has 0 radical (unpaired) electrons. The van der Waals surface area contributed by atoms with Crippen LogP contribution in [0.4, 0.5) is 0 Å². The summed E-state index contributed by atoms with van der Waals surface area (Å²) < 4.78 is 12.4. The molecule has 218 valence electrons. The zero-order valence-corrected chi connectivity index (χ0v) is 24.8. The minimum Gasteiger partial charge on any atom is -0.458 e. The van der Waals surface area contributed by atoms with Gasteiger partial charge in [-0.05, 0) is 25.3 Å². The number of carbonyl (C=O) groups is 3. The SMILES string of the molecule is CCCC(=O)O[C@@H]1[C@@H](C)[C@@]2(O)[C@@H](C=C(CSCCO)C[C@]3(O)C(=O)C(C)=C[C@@H]23)[C@@H]2C(C)(C)[C@]12OC(=O)CCC. The van der Waals surface area contributed by atoms with Gasteiger partial charge in [0, 0.05) is 59.9 Å². The largest absolute Gasteiger partial charge is 0.458 e. The minimum atomic E-state index is -1.84. The second kappa shape index (κ2) is 10.6. The molecular weight excluding hydrogens is 520 g/mol. The fourth-order valence-electron chi connectivity index (χ4n) is 7.93. The molecule has 0 aromatic carbocycles. The van der Waals surface area contributed by atoms with Gasteiger partial charge in [0.05, 0.1) is 12.2 Å². The Hall–Kier alpha value is -1.68. The Morgan fingerprint density at radius 1 is 1.10 bits per heavy atom. The molecule has 8 nitrogen and oxygen atoms in total. The molecule has 0 unspecified atom stereocenters. The van der Waals surface area contributed by atoms with Crippen LogP contribution < -0.4 is 0 Å². The van der Waals surface area contributed by atoms with E-state index in [9.17, 15) is 29.7 Å². The molecule has 0 aliphatic heterocycles. The molecular formula is C30H44O8S. The van der Waals surface area contributed by atoms with Crippen molar-refractivity contribution in [2.75, 3.05) is 18.1 Å². The molecule has 4 aliphatic rings. The van der Waals surface area contributed by atoms with E-state index in [4.69, 9.17) is 9.47 Å². The van der Waals surface area contributed by atoms with E-state index in [1.54, 1.807) is 19.9 Å². The van der Waals surface area contributed by atoms with E-state index >= 15 is 0 Å². The van der Waals surface area contributed by atoms with Gasteiger partial charge in [-0.15, -0.1) is 0 Å². The van der Waals surface area contributed by atoms with Gasteiger partial charge in [0.1, 0.15) is 11.7 Å². The number of fused-ring (bicyclic) bond motifs is 5. The highest BCUT2D eigenvalue weighted by Crippen LogP contribution is 2.77. The Morgan fingerprint density at radius 3 is 2.36 bits per heavy atom. The van der Waals surface area contributed by atoms with Crippen molar-refractivity contribution >= 4 is 29.5 Å². The number of ether oxygens (including phenoxy) is 2. The maximum Gasteiger partial charge on any atom is 0.306 e. The normalized spacial score (nSPS) is 39.9. The molecule has 4 rings (SSSR count). The average Bonchev–Trinajstić information content (AvgIpc) is 3.28. The predicted molar refractivity (Wildman–Crippen MR) is 148 cm³/mol. The summed E-state index contributed by atoms with van der Waals surface area (Å²) in [5.41, 5.74) is -4.09. The van der Waals surface area contributed by atoms with Crippen LogP contribution in [-0.4, -0.2) is 74.1 Å². The van der Waals surface area contributed by atoms with Gasteiger partial charge in [0.2, 0.25) is 0 Å². The van der Waals surface area contributed by atoms with Crippen molar-refractivity contribution in [1.82, 2.24) is 0 Å². The van der Waals surface area contributed by atoms with Gasteiger partial charge in [0.15, 0.2) is 11.4 Å². The van der Waals surface area contributed by atoms with Gasteiger partial charge >= 0.3 is 11.9 Å². The standard InChI is InChI=1S/C30H44O8S/c1-7-9-22(32)37-26-18(4)29(36)20(24-27(5,6)30(24,26)38-23(33)10-8-2)14-19(16-39-12-11-31)15-28(35)21(29)13-17(3)25(28)34/h13-14,18,20-21,24,26,31,35-36H,7-12,15-16H2,1-6H3/t18-,20+,21-,24-,26-,28-,29-,30-/m1/s1. The van der Waals surface area contributed by atoms with Crippen molar-refractivity contribution in [3.63, 3.8) is 0 Å². The molecule has 0 heterocycles. The van der Waals surface area contributed by atoms with Gasteiger partial charge in [-0.1, -0.05) is 52.3 Å². The molecule has 39 heavy (non-hydrogen) atoms. The fourth-order valence-corrected chi connectivity index (χ4v) is 8.66. The van der Waals surface area contributed by atoms with Crippen molar-refractivity contribution in [1.29, 1.82) is 0 Å². The number of Topliss-reactive ketones (excluding diaryl/α,β-unsaturated/α-hetero) is 1. The molecule has 0 bridgehead atoms. The molecule has 9 heteroatoms. The molecule has 0 aromatic rings. The van der Waals surface area contributed by atoms with Crippen LogP contribution in [-0.2, 0) is 23.9 Å². The molecule has 0 saturated heterocycles. The number of carbonyl (C=O) groups excluding carboxylic acids is 3. The summed E-state index contributed by atoms with van der Waals surface area (Å²) in [5.74, 6) is -2.90. The number of rotatable bonds is 10. The number of aliphatic hydroxyl groups excluding tert-OH is 1. The molecule has 3 N–H and O–H groups in total. The lowest BCUT2D eigenvalue weighted by molar-refractivity contribution is -0.229. The van der Waals surface area contributed by atoms with E-state index in [1.165, 1.54) is 11.8 Å². The van der Waals surface area contributed by atoms with Gasteiger partial charge in [-0.3, -0.25) is 14.4 Å². The lowest BCUT2D eigenvalue weighted by Crippen LogP contribution is -2.66. The first-order valence-corrected chi connectivity index (χ1v) is 15.4. The van der Waals surface area contributed by atoms with Gasteiger partial charge in [0.25, 0.3) is 0 Å². The molecule has 0 amide bonds. The number of thioether (sulfide) groups is 1. The summed E-state index contributed by atoms with van der Waals surface area (Å²) in [6.07, 6.45) is 4.36. The third-order valence-electron chi connectivity index (χ3n) is 9.73. The van der Waals surface area contributed by atoms with Crippen molar-refractivity contribution in [2.24, 2.45) is 29.1 Å². The van der Waals surface area contributed by atoms with Crippen LogP contribution in [0.3, 0.4) is 0 Å². The highest BCUT2D eigenvalue weighted by molar-refractivity contribution is 7.99. The van der Waals surface area contributed by atoms with Crippen molar-refractivity contribution in [3.05, 3.63) is 23.3 Å². The predicted octanol–water partition coefficient (Wildman–Crippen LogP) is 3.37. The van der Waals surface area contributed by atoms with Crippen molar-refractivity contribution in [2.45, 2.75) is 96.6 Å². The lowest BCUT2D eigenvalue weighted by atomic mass is 9.59. The van der Waals surface area contributed by atoms with Crippen LogP contribution >= 0.6 is 11.8 Å². The number of aliphatic hydroxyl groups is 3. The molecule has 4 aliphatic carbocycles. The molecule has 0 aromatic heterocycles. The Morgan fingerprint density at radius 2 is 1.74 bits per heavy atom. The third kappa shape index (κ3) is 4.43. The first kappa shape index (κ1) is 30.3. The Labute approximate surface area is 235 Å². The van der Waals surface area contributed by atoms with Crippen molar-refractivity contribution in [3.8, 4) is 0 Å². The van der Waals surface area contributed by atoms with Crippen LogP contribution in [0.25, 0.3) is 0 Å². The molecule has 2 saturated carbocycles. The monoisotopic (exact) mass is 564 g/mol. The quantitative estimate of drug-likeness (QED) is 0.208. The Kier molecular flexibility index (Phi) is 8.25. The fraction of sp³-hybridized carbons (Fsp3) is 0.767. The average molecular weight is 565 g/mol. The molecule has 8 atom stereocenters. The second-order valence-electron chi connectivity index (χ2n) is 12.4. The number of ketones is 1.